The predicted molar refractivity (Wildman–Crippen MR) is 146 cm³/mol. The molecule has 8 heteroatoms. The molecule has 0 aliphatic heterocycles. The van der Waals surface area contributed by atoms with Gasteiger partial charge in [-0.15, -0.1) is 0 Å². The summed E-state index contributed by atoms with van der Waals surface area (Å²) in [4.78, 5) is 25.6. The molecule has 0 bridgehead atoms. The summed E-state index contributed by atoms with van der Waals surface area (Å²) in [6.07, 6.45) is 2.37. The van der Waals surface area contributed by atoms with Crippen molar-refractivity contribution in [3.05, 3.63) is 95.6 Å². The first-order chi connectivity index (χ1) is 18.5. The zero-order valence-electron chi connectivity index (χ0n) is 21.4. The van der Waals surface area contributed by atoms with Crippen LogP contribution in [-0.2, 0) is 0 Å². The monoisotopic (exact) mass is 512 g/mol. The number of esters is 1. The second kappa shape index (κ2) is 12.4. The highest BCUT2D eigenvalue weighted by Gasteiger charge is 2.16. The summed E-state index contributed by atoms with van der Waals surface area (Å²) < 4.78 is 21.8. The van der Waals surface area contributed by atoms with Crippen LogP contribution in [-0.4, -0.2) is 38.9 Å². The zero-order valence-corrected chi connectivity index (χ0v) is 21.4. The highest BCUT2D eigenvalue weighted by molar-refractivity contribution is 6.04. The Kier molecular flexibility index (Phi) is 8.56. The Morgan fingerprint density at radius 1 is 0.842 bits per heavy atom. The number of nitrogens with zero attached hydrogens (tertiary/aromatic N) is 1. The van der Waals surface area contributed by atoms with E-state index in [2.05, 4.69) is 10.5 Å². The van der Waals surface area contributed by atoms with Gasteiger partial charge in [-0.2, -0.15) is 5.10 Å². The maximum Gasteiger partial charge on any atom is 0.343 e. The minimum Gasteiger partial charge on any atom is -0.494 e. The van der Waals surface area contributed by atoms with Gasteiger partial charge in [0.05, 0.1) is 32.6 Å². The van der Waals surface area contributed by atoms with Gasteiger partial charge >= 0.3 is 5.97 Å². The number of hydrogen-bond acceptors (Lipinski definition) is 7. The van der Waals surface area contributed by atoms with E-state index in [1.54, 1.807) is 48.5 Å². The molecule has 1 N–H and O–H groups in total. The van der Waals surface area contributed by atoms with E-state index in [9.17, 15) is 9.59 Å². The van der Waals surface area contributed by atoms with E-state index in [4.69, 9.17) is 18.9 Å². The number of nitrogens with one attached hydrogen (secondary N) is 1. The number of hydrazone groups is 1. The van der Waals surface area contributed by atoms with E-state index >= 15 is 0 Å². The molecule has 0 aliphatic carbocycles. The van der Waals surface area contributed by atoms with Crippen molar-refractivity contribution in [1.82, 2.24) is 5.43 Å². The molecule has 0 fully saturated rings. The molecule has 194 valence electrons. The third-order valence-electron chi connectivity index (χ3n) is 5.70. The highest BCUT2D eigenvalue weighted by Crippen LogP contribution is 2.30. The molecule has 0 radical (unpaired) electrons. The average Bonchev–Trinajstić information content (AvgIpc) is 2.96. The van der Waals surface area contributed by atoms with Crippen LogP contribution in [0.3, 0.4) is 0 Å². The third-order valence-corrected chi connectivity index (χ3v) is 5.70. The van der Waals surface area contributed by atoms with Gasteiger partial charge in [-0.3, -0.25) is 4.79 Å². The van der Waals surface area contributed by atoms with Gasteiger partial charge < -0.3 is 18.9 Å². The quantitative estimate of drug-likeness (QED) is 0.128. The number of methoxy groups -OCH3 is 2. The van der Waals surface area contributed by atoms with Gasteiger partial charge in [0.2, 0.25) is 0 Å². The number of ether oxygens (including phenoxy) is 4. The molecule has 4 aromatic carbocycles. The first-order valence-corrected chi connectivity index (χ1v) is 12.1. The van der Waals surface area contributed by atoms with Crippen molar-refractivity contribution in [3.63, 3.8) is 0 Å². The Morgan fingerprint density at radius 3 is 2.29 bits per heavy atom. The van der Waals surface area contributed by atoms with E-state index in [0.717, 1.165) is 17.2 Å². The van der Waals surface area contributed by atoms with Crippen LogP contribution in [0.15, 0.2) is 84.0 Å². The van der Waals surface area contributed by atoms with Gasteiger partial charge in [0.1, 0.15) is 11.5 Å². The molecule has 0 spiro atoms. The number of carbonyl (C=O) groups excluding carboxylic acids is 2. The molecular weight excluding hydrogens is 484 g/mol. The Morgan fingerprint density at radius 2 is 1.55 bits per heavy atom. The van der Waals surface area contributed by atoms with E-state index in [1.807, 2.05) is 37.3 Å². The highest BCUT2D eigenvalue weighted by atomic mass is 16.5. The second-order valence-electron chi connectivity index (χ2n) is 8.23. The fourth-order valence-corrected chi connectivity index (χ4v) is 3.76. The zero-order chi connectivity index (χ0) is 26.9. The minimum absolute atomic E-state index is 0.290. The molecule has 38 heavy (non-hydrogen) atoms. The normalized spacial score (nSPS) is 10.8. The Balaban J connectivity index is 1.56. The van der Waals surface area contributed by atoms with E-state index in [1.165, 1.54) is 20.4 Å². The van der Waals surface area contributed by atoms with Crippen LogP contribution in [0, 0.1) is 0 Å². The largest absolute Gasteiger partial charge is 0.494 e. The fourth-order valence-electron chi connectivity index (χ4n) is 3.76. The van der Waals surface area contributed by atoms with Crippen molar-refractivity contribution in [3.8, 4) is 23.0 Å². The summed E-state index contributed by atoms with van der Waals surface area (Å²) in [6, 6.07) is 22.8. The molecule has 0 saturated carbocycles. The summed E-state index contributed by atoms with van der Waals surface area (Å²) in [7, 11) is 3.01. The van der Waals surface area contributed by atoms with Crippen LogP contribution in [0.2, 0.25) is 0 Å². The van der Waals surface area contributed by atoms with Crippen molar-refractivity contribution in [1.29, 1.82) is 0 Å². The van der Waals surface area contributed by atoms with Gasteiger partial charge in [0, 0.05) is 11.1 Å². The van der Waals surface area contributed by atoms with Gasteiger partial charge in [0.15, 0.2) is 11.5 Å². The number of amides is 1. The molecule has 0 aliphatic rings. The lowest BCUT2D eigenvalue weighted by atomic mass is 10.0. The van der Waals surface area contributed by atoms with E-state index < -0.39 is 5.97 Å². The number of benzene rings is 4. The molecule has 1 amide bonds. The second-order valence-corrected chi connectivity index (χ2v) is 8.23. The van der Waals surface area contributed by atoms with Crippen molar-refractivity contribution in [2.45, 2.75) is 13.3 Å². The minimum atomic E-state index is -0.578. The molecule has 4 rings (SSSR count). The SMILES string of the molecule is CCCOc1ccc(C(=O)N/N=C\c2c(OC(=O)c3ccc(OC)c(OC)c3)ccc3ccccc23)cc1. The maximum atomic E-state index is 13.0. The predicted octanol–water partition coefficient (Wildman–Crippen LogP) is 5.63. The van der Waals surface area contributed by atoms with Crippen LogP contribution in [0.25, 0.3) is 10.8 Å². The van der Waals surface area contributed by atoms with Crippen molar-refractivity contribution in [2.75, 3.05) is 20.8 Å². The summed E-state index contributed by atoms with van der Waals surface area (Å²) in [5.41, 5.74) is 3.80. The standard InChI is InChI=1S/C30H28N2O6/c1-4-17-37-23-13-9-21(10-14-23)29(33)32-31-19-25-24-8-6-5-7-20(24)11-15-26(25)38-30(34)22-12-16-27(35-2)28(18-22)36-3/h5-16,18-19H,4,17H2,1-3H3,(H,32,33)/b31-19-. The first kappa shape index (κ1) is 26.2. The summed E-state index contributed by atoms with van der Waals surface area (Å²) in [6.45, 7) is 2.64. The number of hydrogen-bond donors (Lipinski definition) is 1. The van der Waals surface area contributed by atoms with Crippen LogP contribution < -0.4 is 24.4 Å². The Labute approximate surface area is 220 Å². The molecule has 0 heterocycles. The van der Waals surface area contributed by atoms with Crippen LogP contribution in [0.5, 0.6) is 23.0 Å². The Bertz CT molecular complexity index is 1460. The van der Waals surface area contributed by atoms with E-state index in [0.29, 0.717) is 46.3 Å². The lowest BCUT2D eigenvalue weighted by Crippen LogP contribution is -2.17. The Hall–Kier alpha value is -4.85. The van der Waals surface area contributed by atoms with Crippen molar-refractivity contribution < 1.29 is 28.5 Å². The molecular formula is C30H28N2O6. The number of fused-ring (bicyclic) bond motifs is 1. The smallest absolute Gasteiger partial charge is 0.343 e. The van der Waals surface area contributed by atoms with Gasteiger partial charge in [-0.25, -0.2) is 10.2 Å². The summed E-state index contributed by atoms with van der Waals surface area (Å²) in [5.74, 6) is 0.941. The summed E-state index contributed by atoms with van der Waals surface area (Å²) >= 11 is 0. The first-order valence-electron chi connectivity index (χ1n) is 12.1. The number of carbonyl (C=O) groups is 2. The van der Waals surface area contributed by atoms with Gasteiger partial charge in [-0.1, -0.05) is 37.3 Å². The summed E-state index contributed by atoms with van der Waals surface area (Å²) in [5, 5.41) is 5.88. The lowest BCUT2D eigenvalue weighted by Gasteiger charge is -2.12. The topological polar surface area (TPSA) is 95.5 Å². The number of rotatable bonds is 10. The van der Waals surface area contributed by atoms with Gasteiger partial charge in [0.25, 0.3) is 5.91 Å². The molecule has 4 aromatic rings. The van der Waals surface area contributed by atoms with Crippen molar-refractivity contribution >= 4 is 28.9 Å². The molecule has 0 saturated heterocycles. The lowest BCUT2D eigenvalue weighted by molar-refractivity contribution is 0.0734. The molecule has 0 atom stereocenters. The molecule has 8 nitrogen and oxygen atoms in total. The van der Waals surface area contributed by atoms with Gasteiger partial charge in [-0.05, 0) is 65.7 Å². The van der Waals surface area contributed by atoms with E-state index in [-0.39, 0.29) is 5.91 Å². The molecule has 0 aromatic heterocycles. The van der Waals surface area contributed by atoms with Crippen LogP contribution >= 0.6 is 0 Å². The van der Waals surface area contributed by atoms with Crippen molar-refractivity contribution in [2.24, 2.45) is 5.10 Å². The molecule has 0 unspecified atom stereocenters. The van der Waals surface area contributed by atoms with Crippen LogP contribution in [0.4, 0.5) is 0 Å². The van der Waals surface area contributed by atoms with Crippen LogP contribution in [0.1, 0.15) is 39.6 Å². The fraction of sp³-hybridized carbons (Fsp3) is 0.167. The maximum absolute atomic E-state index is 13.0. The average molecular weight is 513 g/mol. The third kappa shape index (κ3) is 6.10.